The van der Waals surface area contributed by atoms with E-state index in [4.69, 9.17) is 0 Å². The van der Waals surface area contributed by atoms with Crippen molar-refractivity contribution >= 4 is 11.8 Å². The van der Waals surface area contributed by atoms with Crippen molar-refractivity contribution in [1.82, 2.24) is 10.2 Å². The van der Waals surface area contributed by atoms with Gasteiger partial charge in [-0.1, -0.05) is 13.8 Å². The normalized spacial score (nSPS) is 23.9. The molecule has 0 atom stereocenters. The van der Waals surface area contributed by atoms with E-state index in [0.717, 1.165) is 38.9 Å². The summed E-state index contributed by atoms with van der Waals surface area (Å²) < 4.78 is 0. The Morgan fingerprint density at radius 3 is 2.38 bits per heavy atom. The second kappa shape index (κ2) is 4.07. The van der Waals surface area contributed by atoms with Gasteiger partial charge in [-0.3, -0.25) is 9.59 Å². The third-order valence-electron chi connectivity index (χ3n) is 3.90. The van der Waals surface area contributed by atoms with E-state index < -0.39 is 0 Å². The second-order valence-corrected chi connectivity index (χ2v) is 5.27. The smallest absolute Gasteiger partial charge is 0.226 e. The first-order valence-electron chi connectivity index (χ1n) is 6.12. The summed E-state index contributed by atoms with van der Waals surface area (Å²) in [6.45, 7) is 6.13. The number of amides is 2. The zero-order valence-corrected chi connectivity index (χ0v) is 10.1. The van der Waals surface area contributed by atoms with Crippen molar-refractivity contribution in [2.24, 2.45) is 11.3 Å². The molecule has 2 amide bonds. The van der Waals surface area contributed by atoms with Crippen LogP contribution in [-0.2, 0) is 9.59 Å². The molecule has 0 aromatic rings. The summed E-state index contributed by atoms with van der Waals surface area (Å²) >= 11 is 0. The van der Waals surface area contributed by atoms with E-state index >= 15 is 0 Å². The van der Waals surface area contributed by atoms with Crippen molar-refractivity contribution in [2.45, 2.75) is 33.1 Å². The van der Waals surface area contributed by atoms with Gasteiger partial charge in [-0.25, -0.2) is 0 Å². The molecule has 90 valence electrons. The lowest BCUT2D eigenvalue weighted by Gasteiger charge is -2.38. The molecule has 16 heavy (non-hydrogen) atoms. The van der Waals surface area contributed by atoms with Crippen molar-refractivity contribution in [3.05, 3.63) is 0 Å². The molecular weight excluding hydrogens is 204 g/mol. The van der Waals surface area contributed by atoms with Crippen molar-refractivity contribution in [2.75, 3.05) is 19.6 Å². The number of hydrogen-bond donors (Lipinski definition) is 1. The molecule has 0 bridgehead atoms. The monoisotopic (exact) mass is 224 g/mol. The second-order valence-electron chi connectivity index (χ2n) is 5.27. The van der Waals surface area contributed by atoms with Crippen molar-refractivity contribution in [3.63, 3.8) is 0 Å². The van der Waals surface area contributed by atoms with Gasteiger partial charge in [-0.2, -0.15) is 0 Å². The highest BCUT2D eigenvalue weighted by Crippen LogP contribution is 2.38. The summed E-state index contributed by atoms with van der Waals surface area (Å²) in [5.41, 5.74) is -0.159. The van der Waals surface area contributed by atoms with Gasteiger partial charge in [0, 0.05) is 25.6 Å². The molecule has 0 saturated carbocycles. The lowest BCUT2D eigenvalue weighted by Crippen LogP contribution is -2.47. The van der Waals surface area contributed by atoms with Crippen LogP contribution in [0.25, 0.3) is 0 Å². The lowest BCUT2D eigenvalue weighted by atomic mass is 9.77. The van der Waals surface area contributed by atoms with Gasteiger partial charge in [0.05, 0.1) is 5.41 Å². The number of piperidine rings is 1. The van der Waals surface area contributed by atoms with Crippen LogP contribution in [0.15, 0.2) is 0 Å². The van der Waals surface area contributed by atoms with Crippen LogP contribution < -0.4 is 5.32 Å². The van der Waals surface area contributed by atoms with Crippen LogP contribution in [0, 0.1) is 11.3 Å². The summed E-state index contributed by atoms with van der Waals surface area (Å²) in [6.07, 6.45) is 2.60. The number of nitrogens with one attached hydrogen (secondary N) is 1. The minimum absolute atomic E-state index is 0.0615. The van der Waals surface area contributed by atoms with Crippen molar-refractivity contribution in [1.29, 1.82) is 0 Å². The topological polar surface area (TPSA) is 49.4 Å². The molecule has 0 radical (unpaired) electrons. The molecule has 2 heterocycles. The SMILES string of the molecule is CC(C)C(=O)N1CCC2(CCNC2=O)CC1. The average Bonchev–Trinajstić information content (AvgIpc) is 2.61. The van der Waals surface area contributed by atoms with Crippen LogP contribution in [0.5, 0.6) is 0 Å². The minimum Gasteiger partial charge on any atom is -0.356 e. The van der Waals surface area contributed by atoms with Crippen LogP contribution in [0.3, 0.4) is 0 Å². The molecule has 2 aliphatic heterocycles. The lowest BCUT2D eigenvalue weighted by molar-refractivity contribution is -0.140. The number of rotatable bonds is 1. The number of nitrogens with zero attached hydrogens (tertiary/aromatic N) is 1. The highest BCUT2D eigenvalue weighted by atomic mass is 16.2. The van der Waals surface area contributed by atoms with Gasteiger partial charge in [0.15, 0.2) is 0 Å². The van der Waals surface area contributed by atoms with Crippen LogP contribution in [0.1, 0.15) is 33.1 Å². The highest BCUT2D eigenvalue weighted by molar-refractivity contribution is 5.85. The molecule has 2 rings (SSSR count). The molecule has 2 fully saturated rings. The van der Waals surface area contributed by atoms with Crippen molar-refractivity contribution in [3.8, 4) is 0 Å². The standard InChI is InChI=1S/C12H20N2O2/c1-9(2)10(15)14-7-4-12(5-8-14)3-6-13-11(12)16/h9H,3-8H2,1-2H3,(H,13,16). The third kappa shape index (κ3) is 1.81. The Balaban J connectivity index is 1.97. The van der Waals surface area contributed by atoms with Crippen molar-refractivity contribution < 1.29 is 9.59 Å². The maximum atomic E-state index is 11.8. The number of carbonyl (C=O) groups excluding carboxylic acids is 2. The van der Waals surface area contributed by atoms with E-state index in [0.29, 0.717) is 0 Å². The fraction of sp³-hybridized carbons (Fsp3) is 0.833. The largest absolute Gasteiger partial charge is 0.356 e. The molecule has 0 aromatic carbocycles. The van der Waals surface area contributed by atoms with E-state index in [-0.39, 0.29) is 23.1 Å². The first-order chi connectivity index (χ1) is 7.55. The zero-order valence-electron chi connectivity index (χ0n) is 10.1. The molecule has 0 aliphatic carbocycles. The van der Waals surface area contributed by atoms with E-state index in [2.05, 4.69) is 5.32 Å². The van der Waals surface area contributed by atoms with Gasteiger partial charge >= 0.3 is 0 Å². The minimum atomic E-state index is -0.159. The average molecular weight is 224 g/mol. The Labute approximate surface area is 96.4 Å². The molecule has 4 heteroatoms. The summed E-state index contributed by atoms with van der Waals surface area (Å²) in [5, 5.41) is 2.90. The van der Waals surface area contributed by atoms with E-state index in [1.165, 1.54) is 0 Å². The molecule has 4 nitrogen and oxygen atoms in total. The Kier molecular flexibility index (Phi) is 2.91. The summed E-state index contributed by atoms with van der Waals surface area (Å²) in [4.78, 5) is 25.5. The quantitative estimate of drug-likeness (QED) is 0.715. The maximum absolute atomic E-state index is 11.8. The first-order valence-corrected chi connectivity index (χ1v) is 6.12. The van der Waals surface area contributed by atoms with Crippen LogP contribution in [-0.4, -0.2) is 36.3 Å². The summed E-state index contributed by atoms with van der Waals surface area (Å²) in [6, 6.07) is 0. The molecule has 0 unspecified atom stereocenters. The predicted octanol–water partition coefficient (Wildman–Crippen LogP) is 0.771. The Bertz CT molecular complexity index is 304. The van der Waals surface area contributed by atoms with E-state index in [1.807, 2.05) is 18.7 Å². The molecule has 0 aromatic heterocycles. The van der Waals surface area contributed by atoms with Gasteiger partial charge in [0.25, 0.3) is 0 Å². The molecule has 2 saturated heterocycles. The molecule has 1 N–H and O–H groups in total. The van der Waals surface area contributed by atoms with Gasteiger partial charge in [0.2, 0.25) is 11.8 Å². The van der Waals surface area contributed by atoms with Gasteiger partial charge < -0.3 is 10.2 Å². The van der Waals surface area contributed by atoms with Gasteiger partial charge in [-0.15, -0.1) is 0 Å². The Hall–Kier alpha value is -1.06. The predicted molar refractivity (Wildman–Crippen MR) is 60.7 cm³/mol. The van der Waals surface area contributed by atoms with Crippen LogP contribution >= 0.6 is 0 Å². The third-order valence-corrected chi connectivity index (χ3v) is 3.90. The fourth-order valence-corrected chi connectivity index (χ4v) is 2.71. The zero-order chi connectivity index (χ0) is 11.8. The maximum Gasteiger partial charge on any atom is 0.226 e. The first kappa shape index (κ1) is 11.4. The molecule has 2 aliphatic rings. The Morgan fingerprint density at radius 2 is 1.94 bits per heavy atom. The van der Waals surface area contributed by atoms with E-state index in [9.17, 15) is 9.59 Å². The fourth-order valence-electron chi connectivity index (χ4n) is 2.71. The highest BCUT2D eigenvalue weighted by Gasteiger charge is 2.44. The summed E-state index contributed by atoms with van der Waals surface area (Å²) in [7, 11) is 0. The number of hydrogen-bond acceptors (Lipinski definition) is 2. The molecule has 1 spiro atoms. The number of likely N-dealkylation sites (tertiary alicyclic amines) is 1. The van der Waals surface area contributed by atoms with E-state index in [1.54, 1.807) is 0 Å². The summed E-state index contributed by atoms with van der Waals surface area (Å²) in [5.74, 6) is 0.476. The van der Waals surface area contributed by atoms with Gasteiger partial charge in [-0.05, 0) is 19.3 Å². The van der Waals surface area contributed by atoms with Crippen LogP contribution in [0.4, 0.5) is 0 Å². The van der Waals surface area contributed by atoms with Crippen LogP contribution in [0.2, 0.25) is 0 Å². The Morgan fingerprint density at radius 1 is 1.31 bits per heavy atom. The number of carbonyl (C=O) groups is 2. The van der Waals surface area contributed by atoms with Gasteiger partial charge in [0.1, 0.15) is 0 Å². The molecular formula is C12H20N2O2.